The monoisotopic (exact) mass is 381 g/mol. The number of para-hydroxylation sites is 1. The maximum atomic E-state index is 13.0. The van der Waals surface area contributed by atoms with Gasteiger partial charge < -0.3 is 14.8 Å². The van der Waals surface area contributed by atoms with Crippen LogP contribution in [0.2, 0.25) is 0 Å². The molecule has 2 unspecified atom stereocenters. The van der Waals surface area contributed by atoms with Crippen molar-refractivity contribution in [1.82, 2.24) is 4.98 Å². The fourth-order valence-corrected chi connectivity index (χ4v) is 4.75. The molecule has 2 heterocycles. The molecule has 0 spiro atoms. The lowest BCUT2D eigenvalue weighted by Gasteiger charge is -2.29. The molecule has 4 rings (SSSR count). The number of aromatic amines is 1. The van der Waals surface area contributed by atoms with Gasteiger partial charge >= 0.3 is 0 Å². The maximum Gasteiger partial charge on any atom is 0.166 e. The van der Waals surface area contributed by atoms with Crippen molar-refractivity contribution in [1.29, 1.82) is 0 Å². The van der Waals surface area contributed by atoms with E-state index in [0.717, 1.165) is 42.1 Å². The molecule has 0 bridgehead atoms. The molecule has 2 aliphatic rings. The van der Waals surface area contributed by atoms with Crippen LogP contribution in [-0.2, 0) is 20.7 Å². The van der Waals surface area contributed by atoms with Gasteiger partial charge in [-0.3, -0.25) is 9.59 Å². The first kappa shape index (κ1) is 18.9. The van der Waals surface area contributed by atoms with E-state index in [0.29, 0.717) is 12.7 Å². The number of nitrogens with one attached hydrogen (secondary N) is 1. The Balaban J connectivity index is 1.55. The van der Waals surface area contributed by atoms with Crippen LogP contribution in [0.1, 0.15) is 51.0 Å². The van der Waals surface area contributed by atoms with Crippen LogP contribution in [0.5, 0.6) is 0 Å². The average molecular weight is 381 g/mol. The van der Waals surface area contributed by atoms with Crippen molar-refractivity contribution < 1.29 is 19.4 Å². The number of carbonyl (C=O) groups excluding carboxylic acids is 2. The molecule has 2 aromatic rings. The Kier molecular flexibility index (Phi) is 5.11. The summed E-state index contributed by atoms with van der Waals surface area (Å²) in [7, 11) is 0. The first-order valence-corrected chi connectivity index (χ1v) is 10.2. The van der Waals surface area contributed by atoms with Crippen LogP contribution in [0.15, 0.2) is 41.8 Å². The van der Waals surface area contributed by atoms with Gasteiger partial charge in [0, 0.05) is 23.5 Å². The molecule has 2 N–H and O–H groups in total. The number of aliphatic hydroxyl groups is 1. The SMILES string of the molecule is CC1(C=O)OC(C2CCCCC2)C(O)=C1C(=O)CCc1c[nH]c2ccccc12. The number of carbonyl (C=O) groups is 2. The smallest absolute Gasteiger partial charge is 0.166 e. The average Bonchev–Trinajstić information content (AvgIpc) is 3.26. The number of aliphatic hydroxyl groups excluding tert-OH is 1. The number of benzene rings is 1. The number of Topliss-reactive ketones (excluding diaryl/α,β-unsaturated/α-hetero) is 1. The van der Waals surface area contributed by atoms with E-state index in [4.69, 9.17) is 4.74 Å². The largest absolute Gasteiger partial charge is 0.509 e. The lowest BCUT2D eigenvalue weighted by atomic mass is 9.83. The summed E-state index contributed by atoms with van der Waals surface area (Å²) in [6.07, 6.45) is 8.11. The second kappa shape index (κ2) is 7.55. The highest BCUT2D eigenvalue weighted by Gasteiger charge is 2.49. The molecule has 5 nitrogen and oxygen atoms in total. The van der Waals surface area contributed by atoms with Crippen molar-refractivity contribution in [3.8, 4) is 0 Å². The van der Waals surface area contributed by atoms with Gasteiger partial charge in [0.2, 0.25) is 0 Å². The van der Waals surface area contributed by atoms with E-state index in [1.807, 2.05) is 30.5 Å². The Morgan fingerprint density at radius 3 is 2.79 bits per heavy atom. The van der Waals surface area contributed by atoms with E-state index >= 15 is 0 Å². The number of ketones is 1. The number of aromatic nitrogens is 1. The summed E-state index contributed by atoms with van der Waals surface area (Å²) in [4.78, 5) is 28.0. The molecule has 0 saturated heterocycles. The lowest BCUT2D eigenvalue weighted by Crippen LogP contribution is -2.35. The number of rotatable bonds is 6. The third-order valence-electron chi connectivity index (χ3n) is 6.27. The zero-order valence-corrected chi connectivity index (χ0v) is 16.2. The minimum atomic E-state index is -1.36. The number of H-pyrrole nitrogens is 1. The van der Waals surface area contributed by atoms with Gasteiger partial charge in [0.15, 0.2) is 17.7 Å². The van der Waals surface area contributed by atoms with Gasteiger partial charge in [-0.1, -0.05) is 37.5 Å². The summed E-state index contributed by atoms with van der Waals surface area (Å²) >= 11 is 0. The molecule has 1 aromatic heterocycles. The van der Waals surface area contributed by atoms with Gasteiger partial charge in [0.1, 0.15) is 11.9 Å². The first-order valence-electron chi connectivity index (χ1n) is 10.2. The molecule has 1 aliphatic heterocycles. The van der Waals surface area contributed by atoms with Crippen LogP contribution < -0.4 is 0 Å². The predicted octanol–water partition coefficient (Wildman–Crippen LogP) is 4.42. The Morgan fingerprint density at radius 2 is 2.04 bits per heavy atom. The molecular formula is C23H27NO4. The Bertz CT molecular complexity index is 922. The van der Waals surface area contributed by atoms with Gasteiger partial charge in [-0.15, -0.1) is 0 Å². The van der Waals surface area contributed by atoms with Crippen LogP contribution >= 0.6 is 0 Å². The van der Waals surface area contributed by atoms with Crippen LogP contribution in [-0.4, -0.2) is 33.9 Å². The molecule has 1 fully saturated rings. The van der Waals surface area contributed by atoms with Crippen molar-refractivity contribution in [2.75, 3.05) is 0 Å². The van der Waals surface area contributed by atoms with Crippen LogP contribution in [0.4, 0.5) is 0 Å². The molecular weight excluding hydrogens is 354 g/mol. The second-order valence-corrected chi connectivity index (χ2v) is 8.20. The van der Waals surface area contributed by atoms with E-state index < -0.39 is 11.7 Å². The van der Waals surface area contributed by atoms with Gasteiger partial charge in [-0.25, -0.2) is 0 Å². The zero-order chi connectivity index (χ0) is 19.7. The molecule has 1 aliphatic carbocycles. The fraction of sp³-hybridized carbons (Fsp3) is 0.478. The van der Waals surface area contributed by atoms with Gasteiger partial charge in [0.05, 0.1) is 5.57 Å². The summed E-state index contributed by atoms with van der Waals surface area (Å²) < 4.78 is 5.97. The number of hydrogen-bond donors (Lipinski definition) is 2. The van der Waals surface area contributed by atoms with Gasteiger partial charge in [-0.2, -0.15) is 0 Å². The normalized spacial score (nSPS) is 26.1. The number of aldehydes is 1. The number of aryl methyl sites for hydroxylation is 1. The zero-order valence-electron chi connectivity index (χ0n) is 16.2. The third kappa shape index (κ3) is 3.28. The van der Waals surface area contributed by atoms with Crippen molar-refractivity contribution in [2.24, 2.45) is 5.92 Å². The summed E-state index contributed by atoms with van der Waals surface area (Å²) in [5.41, 5.74) is 0.882. The number of fused-ring (bicyclic) bond motifs is 1. The first-order chi connectivity index (χ1) is 13.5. The summed E-state index contributed by atoms with van der Waals surface area (Å²) in [5, 5.41) is 11.9. The highest BCUT2D eigenvalue weighted by Crippen LogP contribution is 2.42. The van der Waals surface area contributed by atoms with E-state index in [1.165, 1.54) is 6.42 Å². The standard InChI is InChI=1S/C23H27NO4/c1-23(14-25)20(21(27)22(28-23)15-7-3-2-4-8-15)19(26)12-11-16-13-24-18-10-6-5-9-17(16)18/h5-6,9-10,13-15,22,24,27H,2-4,7-8,11-12H2,1H3. The van der Waals surface area contributed by atoms with Crippen LogP contribution in [0.3, 0.4) is 0 Å². The third-order valence-corrected chi connectivity index (χ3v) is 6.27. The highest BCUT2D eigenvalue weighted by atomic mass is 16.5. The molecule has 148 valence electrons. The molecule has 1 saturated carbocycles. The Labute approximate surface area is 164 Å². The fourth-order valence-electron chi connectivity index (χ4n) is 4.75. The Hall–Kier alpha value is -2.40. The molecule has 2 atom stereocenters. The molecule has 5 heteroatoms. The van der Waals surface area contributed by atoms with Crippen molar-refractivity contribution in [3.05, 3.63) is 47.4 Å². The van der Waals surface area contributed by atoms with Crippen LogP contribution in [0, 0.1) is 5.92 Å². The molecule has 28 heavy (non-hydrogen) atoms. The van der Waals surface area contributed by atoms with E-state index in [1.54, 1.807) is 6.92 Å². The maximum absolute atomic E-state index is 13.0. The second-order valence-electron chi connectivity index (χ2n) is 8.20. The Morgan fingerprint density at radius 1 is 1.29 bits per heavy atom. The summed E-state index contributed by atoms with van der Waals surface area (Å²) in [6, 6.07) is 7.96. The van der Waals surface area contributed by atoms with Crippen LogP contribution in [0.25, 0.3) is 10.9 Å². The molecule has 1 aromatic carbocycles. The summed E-state index contributed by atoms with van der Waals surface area (Å²) in [5.74, 6) is -0.0620. The number of ether oxygens (including phenoxy) is 1. The van der Waals surface area contributed by atoms with Gasteiger partial charge in [0.25, 0.3) is 0 Å². The van der Waals surface area contributed by atoms with Crippen molar-refractivity contribution >= 4 is 23.0 Å². The topological polar surface area (TPSA) is 79.4 Å². The van der Waals surface area contributed by atoms with E-state index in [2.05, 4.69) is 4.98 Å². The minimum Gasteiger partial charge on any atom is -0.509 e. The van der Waals surface area contributed by atoms with E-state index in [9.17, 15) is 14.7 Å². The van der Waals surface area contributed by atoms with Crippen molar-refractivity contribution in [2.45, 2.75) is 63.6 Å². The minimum absolute atomic E-state index is 0.0228. The van der Waals surface area contributed by atoms with E-state index in [-0.39, 0.29) is 29.5 Å². The highest BCUT2D eigenvalue weighted by molar-refractivity contribution is 6.03. The quantitative estimate of drug-likeness (QED) is 0.726. The van der Waals surface area contributed by atoms with Crippen molar-refractivity contribution in [3.63, 3.8) is 0 Å². The lowest BCUT2D eigenvalue weighted by molar-refractivity contribution is -0.132. The number of hydrogen-bond acceptors (Lipinski definition) is 4. The van der Waals surface area contributed by atoms with Gasteiger partial charge in [-0.05, 0) is 43.7 Å². The molecule has 0 radical (unpaired) electrons. The summed E-state index contributed by atoms with van der Waals surface area (Å²) in [6.45, 7) is 1.60. The predicted molar refractivity (Wildman–Crippen MR) is 107 cm³/mol. The molecule has 0 amide bonds.